The summed E-state index contributed by atoms with van der Waals surface area (Å²) in [7, 11) is -3.76. The van der Waals surface area contributed by atoms with E-state index in [1.165, 1.54) is 10.4 Å². The average molecular weight is 313 g/mol. The molecule has 1 aromatic rings. The van der Waals surface area contributed by atoms with Crippen molar-refractivity contribution in [1.29, 1.82) is 0 Å². The van der Waals surface area contributed by atoms with Crippen LogP contribution in [0.1, 0.15) is 32.8 Å². The molecule has 4 nitrogen and oxygen atoms in total. The summed E-state index contributed by atoms with van der Waals surface area (Å²) < 4.78 is 40.2. The van der Waals surface area contributed by atoms with Gasteiger partial charge < -0.3 is 5.11 Å². The standard InChI is InChI=1S/C15H20FNO3S/c1-4-9-17(12(2)3)21(19,20)15-8-7-14(16)11-13(15)6-5-10-18/h7-8,11-12,18H,4,9-10H2,1-3H3. The first kappa shape index (κ1) is 17.6. The van der Waals surface area contributed by atoms with Crippen molar-refractivity contribution in [1.82, 2.24) is 4.31 Å². The quantitative estimate of drug-likeness (QED) is 0.846. The van der Waals surface area contributed by atoms with Gasteiger partial charge in [0.1, 0.15) is 12.4 Å². The van der Waals surface area contributed by atoms with Gasteiger partial charge in [-0.3, -0.25) is 0 Å². The largest absolute Gasteiger partial charge is 0.384 e. The van der Waals surface area contributed by atoms with Gasteiger partial charge in [-0.25, -0.2) is 12.8 Å². The topological polar surface area (TPSA) is 57.6 Å². The Kier molecular flexibility index (Phi) is 6.34. The molecule has 0 atom stereocenters. The average Bonchev–Trinajstić information content (AvgIpc) is 2.41. The molecule has 0 spiro atoms. The zero-order valence-corrected chi connectivity index (χ0v) is 13.2. The molecule has 1 N–H and O–H groups in total. The molecular formula is C15H20FNO3S. The Morgan fingerprint density at radius 3 is 2.57 bits per heavy atom. The molecule has 0 saturated carbocycles. The summed E-state index contributed by atoms with van der Waals surface area (Å²) in [6, 6.07) is 3.18. The highest BCUT2D eigenvalue weighted by molar-refractivity contribution is 7.89. The molecule has 1 rings (SSSR count). The maximum atomic E-state index is 13.3. The summed E-state index contributed by atoms with van der Waals surface area (Å²) in [4.78, 5) is -0.0352. The SMILES string of the molecule is CCCN(C(C)C)S(=O)(=O)c1ccc(F)cc1C#CCO. The van der Waals surface area contributed by atoms with Crippen molar-refractivity contribution in [2.75, 3.05) is 13.2 Å². The van der Waals surface area contributed by atoms with E-state index < -0.39 is 22.4 Å². The second-order valence-electron chi connectivity index (χ2n) is 4.81. The van der Waals surface area contributed by atoms with E-state index >= 15 is 0 Å². The molecule has 0 aliphatic rings. The van der Waals surface area contributed by atoms with Gasteiger partial charge in [0.25, 0.3) is 0 Å². The van der Waals surface area contributed by atoms with Crippen molar-refractivity contribution in [2.45, 2.75) is 38.1 Å². The normalized spacial score (nSPS) is 11.6. The Morgan fingerprint density at radius 1 is 1.38 bits per heavy atom. The number of aliphatic hydroxyl groups excluding tert-OH is 1. The summed E-state index contributed by atoms with van der Waals surface area (Å²) in [6.07, 6.45) is 0.677. The monoisotopic (exact) mass is 313 g/mol. The Bertz CT molecular complexity index is 645. The molecule has 0 unspecified atom stereocenters. The molecule has 0 radical (unpaired) electrons. The highest BCUT2D eigenvalue weighted by Crippen LogP contribution is 2.23. The molecule has 0 amide bonds. The lowest BCUT2D eigenvalue weighted by Crippen LogP contribution is -2.37. The number of nitrogens with zero attached hydrogens (tertiary/aromatic N) is 1. The Morgan fingerprint density at radius 2 is 2.05 bits per heavy atom. The van der Waals surface area contributed by atoms with Gasteiger partial charge in [-0.1, -0.05) is 18.8 Å². The van der Waals surface area contributed by atoms with Crippen molar-refractivity contribution in [2.24, 2.45) is 0 Å². The highest BCUT2D eigenvalue weighted by atomic mass is 32.2. The smallest absolute Gasteiger partial charge is 0.244 e. The summed E-state index contributed by atoms with van der Waals surface area (Å²) >= 11 is 0. The van der Waals surface area contributed by atoms with Gasteiger partial charge in [-0.2, -0.15) is 4.31 Å². The van der Waals surface area contributed by atoms with E-state index in [-0.39, 0.29) is 16.5 Å². The van der Waals surface area contributed by atoms with E-state index in [0.717, 1.165) is 12.1 Å². The fourth-order valence-electron chi connectivity index (χ4n) is 1.96. The summed E-state index contributed by atoms with van der Waals surface area (Å²) in [5.74, 6) is 4.29. The predicted molar refractivity (Wildman–Crippen MR) is 79.7 cm³/mol. The maximum absolute atomic E-state index is 13.3. The van der Waals surface area contributed by atoms with Gasteiger partial charge in [0.15, 0.2) is 0 Å². The Balaban J connectivity index is 3.42. The maximum Gasteiger partial charge on any atom is 0.244 e. The van der Waals surface area contributed by atoms with Crippen molar-refractivity contribution in [3.63, 3.8) is 0 Å². The lowest BCUT2D eigenvalue weighted by Gasteiger charge is -2.26. The Labute approximate surface area is 125 Å². The second kappa shape index (κ2) is 7.55. The summed E-state index contributed by atoms with van der Waals surface area (Å²) in [5.41, 5.74) is 0.0609. The highest BCUT2D eigenvalue weighted by Gasteiger charge is 2.28. The number of aliphatic hydroxyl groups is 1. The van der Waals surface area contributed by atoms with Crippen LogP contribution in [0.2, 0.25) is 0 Å². The van der Waals surface area contributed by atoms with Crippen LogP contribution in [0, 0.1) is 17.7 Å². The molecule has 0 bridgehead atoms. The van der Waals surface area contributed by atoms with E-state index in [1.54, 1.807) is 13.8 Å². The molecule has 0 saturated heterocycles. The number of hydrogen-bond acceptors (Lipinski definition) is 3. The van der Waals surface area contributed by atoms with Gasteiger partial charge >= 0.3 is 0 Å². The predicted octanol–water partition coefficient (Wildman–Crippen LogP) is 1.98. The van der Waals surface area contributed by atoms with Crippen LogP contribution in [0.25, 0.3) is 0 Å². The fourth-order valence-corrected chi connectivity index (χ4v) is 3.82. The lowest BCUT2D eigenvalue weighted by atomic mass is 10.2. The van der Waals surface area contributed by atoms with E-state index in [2.05, 4.69) is 11.8 Å². The number of hydrogen-bond donors (Lipinski definition) is 1. The molecule has 116 valence electrons. The number of halogens is 1. The third-order valence-electron chi connectivity index (χ3n) is 2.85. The van der Waals surface area contributed by atoms with Crippen molar-refractivity contribution in [3.8, 4) is 11.8 Å². The van der Waals surface area contributed by atoms with Crippen LogP contribution >= 0.6 is 0 Å². The first-order valence-electron chi connectivity index (χ1n) is 6.75. The Hall–Kier alpha value is -1.42. The molecule has 0 aliphatic heterocycles. The minimum absolute atomic E-state index is 0.0352. The van der Waals surface area contributed by atoms with Crippen molar-refractivity contribution in [3.05, 3.63) is 29.6 Å². The lowest BCUT2D eigenvalue weighted by molar-refractivity contribution is 0.350. The van der Waals surface area contributed by atoms with Gasteiger partial charge in [0.05, 0.1) is 4.90 Å². The van der Waals surface area contributed by atoms with Crippen molar-refractivity contribution < 1.29 is 17.9 Å². The van der Waals surface area contributed by atoms with E-state index in [0.29, 0.717) is 13.0 Å². The molecule has 1 aromatic carbocycles. The van der Waals surface area contributed by atoms with E-state index in [9.17, 15) is 12.8 Å². The molecule has 21 heavy (non-hydrogen) atoms. The van der Waals surface area contributed by atoms with Gasteiger partial charge in [-0.15, -0.1) is 0 Å². The van der Waals surface area contributed by atoms with E-state index in [4.69, 9.17) is 5.11 Å². The second-order valence-corrected chi connectivity index (χ2v) is 6.67. The summed E-state index contributed by atoms with van der Waals surface area (Å²) in [5, 5.41) is 8.74. The van der Waals surface area contributed by atoms with E-state index in [1.807, 2.05) is 6.92 Å². The summed E-state index contributed by atoms with van der Waals surface area (Å²) in [6.45, 7) is 5.43. The van der Waals surface area contributed by atoms with Gasteiger partial charge in [0.2, 0.25) is 10.0 Å². The molecule has 0 aromatic heterocycles. The zero-order chi connectivity index (χ0) is 16.0. The fraction of sp³-hybridized carbons (Fsp3) is 0.467. The number of rotatable bonds is 5. The minimum atomic E-state index is -3.76. The zero-order valence-electron chi connectivity index (χ0n) is 12.4. The molecular weight excluding hydrogens is 293 g/mol. The van der Waals surface area contributed by atoms with Crippen LogP contribution < -0.4 is 0 Å². The van der Waals surface area contributed by atoms with Crippen LogP contribution in [-0.4, -0.2) is 37.0 Å². The number of benzene rings is 1. The van der Waals surface area contributed by atoms with Crippen LogP contribution in [0.5, 0.6) is 0 Å². The van der Waals surface area contributed by atoms with Crippen molar-refractivity contribution >= 4 is 10.0 Å². The minimum Gasteiger partial charge on any atom is -0.384 e. The van der Waals surface area contributed by atoms with Crippen LogP contribution in [0.3, 0.4) is 0 Å². The third kappa shape index (κ3) is 4.27. The third-order valence-corrected chi connectivity index (χ3v) is 4.98. The van der Waals surface area contributed by atoms with Crippen LogP contribution in [0.4, 0.5) is 4.39 Å². The first-order valence-corrected chi connectivity index (χ1v) is 8.19. The van der Waals surface area contributed by atoms with Crippen LogP contribution in [-0.2, 0) is 10.0 Å². The molecule has 0 aliphatic carbocycles. The molecule has 0 fully saturated rings. The number of sulfonamides is 1. The van der Waals surface area contributed by atoms with Crippen LogP contribution in [0.15, 0.2) is 23.1 Å². The molecule has 0 heterocycles. The van der Waals surface area contributed by atoms with Gasteiger partial charge in [-0.05, 0) is 38.5 Å². The first-order chi connectivity index (χ1) is 9.84. The van der Waals surface area contributed by atoms with Gasteiger partial charge in [0, 0.05) is 18.2 Å². The molecule has 6 heteroatoms.